The molecule has 3 nitrogen and oxygen atoms in total. The quantitative estimate of drug-likeness (QED) is 0.572. The van der Waals surface area contributed by atoms with E-state index >= 15 is 0 Å². The highest BCUT2D eigenvalue weighted by molar-refractivity contribution is 5.03. The summed E-state index contributed by atoms with van der Waals surface area (Å²) < 4.78 is 0. The fourth-order valence-electron chi connectivity index (χ4n) is 2.42. The predicted molar refractivity (Wildman–Crippen MR) is 48.1 cm³/mol. The Morgan fingerprint density at radius 1 is 1.42 bits per heavy atom. The zero-order valence-corrected chi connectivity index (χ0v) is 7.71. The highest BCUT2D eigenvalue weighted by Gasteiger charge is 2.45. The lowest BCUT2D eigenvalue weighted by atomic mass is 9.82. The van der Waals surface area contributed by atoms with E-state index in [1.54, 1.807) is 0 Å². The van der Waals surface area contributed by atoms with Gasteiger partial charge in [-0.25, -0.2) is 0 Å². The van der Waals surface area contributed by atoms with Gasteiger partial charge in [0.05, 0.1) is 0 Å². The molecular formula is C9H18N2O. The maximum absolute atomic E-state index is 10.1. The van der Waals surface area contributed by atoms with E-state index in [1.165, 1.54) is 12.8 Å². The van der Waals surface area contributed by atoms with Crippen LogP contribution in [0.4, 0.5) is 0 Å². The van der Waals surface area contributed by atoms with Gasteiger partial charge in [0.25, 0.3) is 0 Å². The molecule has 1 atom stereocenters. The number of β-amino-alcohol motifs (C(OH)–C–C–N with tert-alkyl or cyclic N) is 1. The monoisotopic (exact) mass is 170 g/mol. The molecule has 12 heavy (non-hydrogen) atoms. The number of likely N-dealkylation sites (N-methyl/N-ethyl adjacent to an activating group) is 1. The summed E-state index contributed by atoms with van der Waals surface area (Å²) in [5.74, 6) is 0. The van der Waals surface area contributed by atoms with E-state index in [2.05, 4.69) is 17.3 Å². The molecule has 2 rings (SSSR count). The second-order valence-electron chi connectivity index (χ2n) is 4.28. The van der Waals surface area contributed by atoms with Crippen LogP contribution in [0.5, 0.6) is 0 Å². The van der Waals surface area contributed by atoms with Gasteiger partial charge < -0.3 is 15.3 Å². The molecular weight excluding hydrogens is 152 g/mol. The average Bonchev–Trinajstić information content (AvgIpc) is 2.04. The third-order valence-corrected chi connectivity index (χ3v) is 3.05. The molecule has 0 aromatic heterocycles. The van der Waals surface area contributed by atoms with Crippen molar-refractivity contribution >= 4 is 0 Å². The van der Waals surface area contributed by atoms with Gasteiger partial charge >= 0.3 is 0 Å². The van der Waals surface area contributed by atoms with Gasteiger partial charge in [-0.05, 0) is 26.4 Å². The first kappa shape index (κ1) is 8.48. The van der Waals surface area contributed by atoms with Crippen molar-refractivity contribution in [2.45, 2.75) is 30.9 Å². The molecule has 2 saturated heterocycles. The second kappa shape index (κ2) is 2.98. The van der Waals surface area contributed by atoms with Crippen molar-refractivity contribution in [3.63, 3.8) is 0 Å². The summed E-state index contributed by atoms with van der Waals surface area (Å²) in [5, 5.41) is 13.5. The van der Waals surface area contributed by atoms with Crippen molar-refractivity contribution in [1.29, 1.82) is 0 Å². The molecule has 1 unspecified atom stereocenters. The molecule has 2 fully saturated rings. The molecule has 0 radical (unpaired) electrons. The van der Waals surface area contributed by atoms with Gasteiger partial charge in [0.2, 0.25) is 0 Å². The molecule has 0 bridgehead atoms. The minimum atomic E-state index is -0.421. The highest BCUT2D eigenvalue weighted by atomic mass is 16.3. The Labute approximate surface area is 73.8 Å². The lowest BCUT2D eigenvalue weighted by Crippen LogP contribution is -2.69. The Kier molecular flexibility index (Phi) is 2.10. The number of nitrogens with one attached hydrogen (secondary N) is 1. The summed E-state index contributed by atoms with van der Waals surface area (Å²) in [7, 11) is 2.05. The summed E-state index contributed by atoms with van der Waals surface area (Å²) in [4.78, 5) is 2.16. The number of nitrogens with zero attached hydrogens (tertiary/aromatic N) is 1. The van der Waals surface area contributed by atoms with E-state index < -0.39 is 5.60 Å². The first-order chi connectivity index (χ1) is 5.71. The van der Waals surface area contributed by atoms with Crippen LogP contribution in [0, 0.1) is 0 Å². The molecule has 0 aliphatic carbocycles. The van der Waals surface area contributed by atoms with E-state index in [-0.39, 0.29) is 0 Å². The largest absolute Gasteiger partial charge is 0.386 e. The maximum Gasteiger partial charge on any atom is 0.105 e. The third kappa shape index (κ3) is 1.37. The zero-order valence-electron chi connectivity index (χ0n) is 7.71. The van der Waals surface area contributed by atoms with Crippen LogP contribution in [-0.4, -0.2) is 48.3 Å². The van der Waals surface area contributed by atoms with Crippen LogP contribution in [0.25, 0.3) is 0 Å². The van der Waals surface area contributed by atoms with Crippen LogP contribution in [-0.2, 0) is 0 Å². The summed E-state index contributed by atoms with van der Waals surface area (Å²) >= 11 is 0. The molecule has 2 aliphatic rings. The number of rotatable bonds is 1. The standard InChI is InChI=1S/C9H18N2O/c1-11-6-9(12,7-11)8-4-2-3-5-10-8/h8,10,12H,2-7H2,1H3. The van der Waals surface area contributed by atoms with Gasteiger partial charge in [0, 0.05) is 19.1 Å². The third-order valence-electron chi connectivity index (χ3n) is 3.05. The van der Waals surface area contributed by atoms with Crippen LogP contribution in [0.2, 0.25) is 0 Å². The van der Waals surface area contributed by atoms with Crippen LogP contribution in [0.15, 0.2) is 0 Å². The molecule has 3 heteroatoms. The Morgan fingerprint density at radius 3 is 2.67 bits per heavy atom. The number of hydrogen-bond acceptors (Lipinski definition) is 3. The topological polar surface area (TPSA) is 35.5 Å². The molecule has 70 valence electrons. The van der Waals surface area contributed by atoms with Gasteiger partial charge in [-0.3, -0.25) is 0 Å². The van der Waals surface area contributed by atoms with E-state index in [0.717, 1.165) is 26.1 Å². The minimum Gasteiger partial charge on any atom is -0.386 e. The second-order valence-corrected chi connectivity index (χ2v) is 4.28. The number of aliphatic hydroxyl groups is 1. The van der Waals surface area contributed by atoms with Crippen molar-refractivity contribution < 1.29 is 5.11 Å². The molecule has 0 spiro atoms. The number of hydrogen-bond donors (Lipinski definition) is 2. The van der Waals surface area contributed by atoms with Crippen LogP contribution < -0.4 is 5.32 Å². The van der Waals surface area contributed by atoms with Crippen LogP contribution in [0.3, 0.4) is 0 Å². The Hall–Kier alpha value is -0.120. The summed E-state index contributed by atoms with van der Waals surface area (Å²) in [6, 6.07) is 0.349. The lowest BCUT2D eigenvalue weighted by molar-refractivity contribution is -0.114. The Bertz CT molecular complexity index is 160. The smallest absolute Gasteiger partial charge is 0.105 e. The van der Waals surface area contributed by atoms with E-state index in [9.17, 15) is 5.11 Å². The number of piperidine rings is 1. The number of likely N-dealkylation sites (tertiary alicyclic amines) is 1. The van der Waals surface area contributed by atoms with Crippen LogP contribution in [0.1, 0.15) is 19.3 Å². The first-order valence-electron chi connectivity index (χ1n) is 4.85. The molecule has 2 heterocycles. The van der Waals surface area contributed by atoms with Crippen molar-refractivity contribution in [3.05, 3.63) is 0 Å². The van der Waals surface area contributed by atoms with E-state index in [1.807, 2.05) is 0 Å². The van der Waals surface area contributed by atoms with Crippen molar-refractivity contribution in [3.8, 4) is 0 Å². The Morgan fingerprint density at radius 2 is 2.17 bits per heavy atom. The molecule has 2 N–H and O–H groups in total. The summed E-state index contributed by atoms with van der Waals surface area (Å²) in [5.41, 5.74) is -0.421. The Balaban J connectivity index is 1.90. The van der Waals surface area contributed by atoms with E-state index in [4.69, 9.17) is 0 Å². The average molecular weight is 170 g/mol. The van der Waals surface area contributed by atoms with Gasteiger partial charge in [-0.2, -0.15) is 0 Å². The van der Waals surface area contributed by atoms with Crippen molar-refractivity contribution in [2.24, 2.45) is 0 Å². The molecule has 2 aliphatic heterocycles. The normalized spacial score (nSPS) is 36.0. The van der Waals surface area contributed by atoms with Crippen LogP contribution >= 0.6 is 0 Å². The predicted octanol–water partition coefficient (Wildman–Crippen LogP) is -0.195. The zero-order chi connectivity index (χ0) is 8.60. The van der Waals surface area contributed by atoms with E-state index in [0.29, 0.717) is 6.04 Å². The first-order valence-corrected chi connectivity index (χ1v) is 4.85. The van der Waals surface area contributed by atoms with Gasteiger partial charge in [-0.1, -0.05) is 6.42 Å². The lowest BCUT2D eigenvalue weighted by Gasteiger charge is -2.50. The summed E-state index contributed by atoms with van der Waals surface area (Å²) in [6.07, 6.45) is 3.68. The fraction of sp³-hybridized carbons (Fsp3) is 1.00. The SMILES string of the molecule is CN1CC(O)(C2CCCCN2)C1. The highest BCUT2D eigenvalue weighted by Crippen LogP contribution is 2.27. The minimum absolute atomic E-state index is 0.349. The summed E-state index contributed by atoms with van der Waals surface area (Å²) in [6.45, 7) is 2.76. The molecule has 0 saturated carbocycles. The molecule has 0 amide bonds. The fourth-order valence-corrected chi connectivity index (χ4v) is 2.42. The van der Waals surface area contributed by atoms with Crippen molar-refractivity contribution in [1.82, 2.24) is 10.2 Å². The molecule has 0 aromatic carbocycles. The van der Waals surface area contributed by atoms with Gasteiger partial charge in [0.1, 0.15) is 5.60 Å². The van der Waals surface area contributed by atoms with Gasteiger partial charge in [-0.15, -0.1) is 0 Å². The van der Waals surface area contributed by atoms with Crippen molar-refractivity contribution in [2.75, 3.05) is 26.7 Å². The van der Waals surface area contributed by atoms with Gasteiger partial charge in [0.15, 0.2) is 0 Å². The molecule has 0 aromatic rings. The maximum atomic E-state index is 10.1.